The highest BCUT2D eigenvalue weighted by molar-refractivity contribution is 6.10. The molecule has 4 heteroatoms. The molecule has 4 rings (SSSR count). The van der Waals surface area contributed by atoms with Gasteiger partial charge in [-0.15, -0.1) is 0 Å². The molecule has 28 heavy (non-hydrogen) atoms. The number of nitrogens with zero attached hydrogens (tertiary/aromatic N) is 1. The van der Waals surface area contributed by atoms with E-state index in [0.717, 1.165) is 27.9 Å². The van der Waals surface area contributed by atoms with Crippen LogP contribution in [0.25, 0.3) is 6.08 Å². The van der Waals surface area contributed by atoms with Crippen LogP contribution >= 0.6 is 0 Å². The van der Waals surface area contributed by atoms with Crippen molar-refractivity contribution in [2.24, 2.45) is 0 Å². The molecule has 1 aliphatic rings. The molecule has 0 aromatic heterocycles. The molecule has 0 aliphatic carbocycles. The standard InChI is InChI=1S/C24H22N2O2/c1-16-6-5-8-18(12-16)13-23-24(27)26(15-19-9-4-3-7-17(19)2)21-11-10-20(25)14-22(21)28-23/h3-14H,15,25H2,1-2H3/b23-13+. The van der Waals surface area contributed by atoms with Crippen LogP contribution in [0.1, 0.15) is 22.3 Å². The minimum absolute atomic E-state index is 0.165. The van der Waals surface area contributed by atoms with E-state index in [1.54, 1.807) is 23.1 Å². The topological polar surface area (TPSA) is 55.6 Å². The molecular weight excluding hydrogens is 348 g/mol. The highest BCUT2D eigenvalue weighted by Gasteiger charge is 2.30. The summed E-state index contributed by atoms with van der Waals surface area (Å²) in [5.74, 6) is 0.714. The van der Waals surface area contributed by atoms with Gasteiger partial charge >= 0.3 is 0 Å². The molecule has 1 heterocycles. The monoisotopic (exact) mass is 370 g/mol. The van der Waals surface area contributed by atoms with Crippen LogP contribution in [-0.2, 0) is 11.3 Å². The Morgan fingerprint density at radius 1 is 1.00 bits per heavy atom. The number of anilines is 2. The van der Waals surface area contributed by atoms with E-state index >= 15 is 0 Å². The van der Waals surface area contributed by atoms with Gasteiger partial charge in [-0.1, -0.05) is 54.1 Å². The molecule has 1 aliphatic heterocycles. The first kappa shape index (κ1) is 17.9. The third-order valence-corrected chi connectivity index (χ3v) is 4.88. The highest BCUT2D eigenvalue weighted by atomic mass is 16.5. The van der Waals surface area contributed by atoms with Crippen molar-refractivity contribution in [1.82, 2.24) is 0 Å². The zero-order valence-electron chi connectivity index (χ0n) is 16.0. The maximum Gasteiger partial charge on any atom is 0.294 e. The van der Waals surface area contributed by atoms with Gasteiger partial charge in [0.2, 0.25) is 0 Å². The maximum absolute atomic E-state index is 13.3. The van der Waals surface area contributed by atoms with Gasteiger partial charge in [-0.3, -0.25) is 9.69 Å². The average molecular weight is 370 g/mol. The third-order valence-electron chi connectivity index (χ3n) is 4.88. The zero-order chi connectivity index (χ0) is 19.7. The number of nitrogens with two attached hydrogens (primary N) is 1. The Kier molecular flexibility index (Phi) is 4.62. The van der Waals surface area contributed by atoms with Crippen molar-refractivity contribution in [3.63, 3.8) is 0 Å². The van der Waals surface area contributed by atoms with Crippen molar-refractivity contribution >= 4 is 23.4 Å². The molecule has 0 bridgehead atoms. The van der Waals surface area contributed by atoms with Crippen molar-refractivity contribution < 1.29 is 9.53 Å². The van der Waals surface area contributed by atoms with E-state index in [4.69, 9.17) is 10.5 Å². The van der Waals surface area contributed by atoms with E-state index in [-0.39, 0.29) is 11.7 Å². The first-order chi connectivity index (χ1) is 13.5. The molecule has 0 saturated heterocycles. The molecular formula is C24H22N2O2. The van der Waals surface area contributed by atoms with E-state index in [9.17, 15) is 4.79 Å². The fourth-order valence-electron chi connectivity index (χ4n) is 3.36. The summed E-state index contributed by atoms with van der Waals surface area (Å²) in [6.45, 7) is 4.54. The van der Waals surface area contributed by atoms with E-state index in [1.165, 1.54) is 0 Å². The normalized spacial score (nSPS) is 14.7. The number of hydrogen-bond acceptors (Lipinski definition) is 3. The molecule has 0 radical (unpaired) electrons. The summed E-state index contributed by atoms with van der Waals surface area (Å²) in [7, 11) is 0. The minimum atomic E-state index is -0.165. The lowest BCUT2D eigenvalue weighted by Crippen LogP contribution is -2.37. The number of nitrogen functional groups attached to an aromatic ring is 1. The second kappa shape index (κ2) is 7.24. The van der Waals surface area contributed by atoms with Crippen LogP contribution in [0.2, 0.25) is 0 Å². The Morgan fingerprint density at radius 3 is 2.61 bits per heavy atom. The lowest BCUT2D eigenvalue weighted by Gasteiger charge is -2.31. The van der Waals surface area contributed by atoms with Crippen LogP contribution in [0.3, 0.4) is 0 Å². The molecule has 0 atom stereocenters. The van der Waals surface area contributed by atoms with Crippen molar-refractivity contribution in [2.45, 2.75) is 20.4 Å². The molecule has 3 aromatic carbocycles. The molecule has 1 amide bonds. The van der Waals surface area contributed by atoms with E-state index < -0.39 is 0 Å². The van der Waals surface area contributed by atoms with Crippen LogP contribution in [0, 0.1) is 13.8 Å². The molecule has 140 valence electrons. The van der Waals surface area contributed by atoms with Gasteiger partial charge in [0, 0.05) is 11.8 Å². The smallest absolute Gasteiger partial charge is 0.294 e. The summed E-state index contributed by atoms with van der Waals surface area (Å²) >= 11 is 0. The van der Waals surface area contributed by atoms with Crippen molar-refractivity contribution in [2.75, 3.05) is 10.6 Å². The molecule has 0 saturated carbocycles. The first-order valence-electron chi connectivity index (χ1n) is 9.23. The summed E-state index contributed by atoms with van der Waals surface area (Å²) in [5.41, 5.74) is 11.6. The molecule has 2 N–H and O–H groups in total. The van der Waals surface area contributed by atoms with Gasteiger partial charge in [-0.05, 0) is 48.7 Å². The summed E-state index contributed by atoms with van der Waals surface area (Å²) < 4.78 is 5.96. The number of amides is 1. The number of hydrogen-bond donors (Lipinski definition) is 1. The third kappa shape index (κ3) is 3.49. The van der Waals surface area contributed by atoms with Crippen LogP contribution in [0.5, 0.6) is 5.75 Å². The van der Waals surface area contributed by atoms with Gasteiger partial charge in [0.1, 0.15) is 0 Å². The van der Waals surface area contributed by atoms with Crippen molar-refractivity contribution in [3.8, 4) is 5.75 Å². The fraction of sp³-hybridized carbons (Fsp3) is 0.125. The molecule has 0 spiro atoms. The average Bonchev–Trinajstić information content (AvgIpc) is 2.66. The van der Waals surface area contributed by atoms with Gasteiger partial charge < -0.3 is 10.5 Å². The molecule has 0 fully saturated rings. The minimum Gasteiger partial charge on any atom is -0.449 e. The van der Waals surface area contributed by atoms with Crippen LogP contribution in [0.15, 0.2) is 72.5 Å². The quantitative estimate of drug-likeness (QED) is 0.529. The fourth-order valence-corrected chi connectivity index (χ4v) is 3.36. The van der Waals surface area contributed by atoms with Crippen LogP contribution in [-0.4, -0.2) is 5.91 Å². The second-order valence-electron chi connectivity index (χ2n) is 7.07. The Morgan fingerprint density at radius 2 is 1.82 bits per heavy atom. The Labute approximate surface area is 164 Å². The SMILES string of the molecule is Cc1cccc(/C=C2/Oc3cc(N)ccc3N(Cc3ccccc3C)C2=O)c1. The van der Waals surface area contributed by atoms with Crippen molar-refractivity contribution in [3.05, 3.63) is 94.7 Å². The van der Waals surface area contributed by atoms with E-state index in [1.807, 2.05) is 68.4 Å². The molecule has 3 aromatic rings. The first-order valence-corrected chi connectivity index (χ1v) is 9.23. The number of carbonyl (C=O) groups excluding carboxylic acids is 1. The number of rotatable bonds is 3. The number of benzene rings is 3. The van der Waals surface area contributed by atoms with Gasteiger partial charge in [0.05, 0.1) is 12.2 Å². The summed E-state index contributed by atoms with van der Waals surface area (Å²) in [4.78, 5) is 15.0. The maximum atomic E-state index is 13.3. The van der Waals surface area contributed by atoms with E-state index in [0.29, 0.717) is 18.0 Å². The second-order valence-corrected chi connectivity index (χ2v) is 7.07. The highest BCUT2D eigenvalue weighted by Crippen LogP contribution is 2.38. The molecule has 0 unspecified atom stereocenters. The predicted molar refractivity (Wildman–Crippen MR) is 113 cm³/mol. The Bertz CT molecular complexity index is 1090. The molecule has 4 nitrogen and oxygen atoms in total. The lowest BCUT2D eigenvalue weighted by atomic mass is 10.1. The number of fused-ring (bicyclic) bond motifs is 1. The van der Waals surface area contributed by atoms with Crippen LogP contribution in [0.4, 0.5) is 11.4 Å². The largest absolute Gasteiger partial charge is 0.449 e. The summed E-state index contributed by atoms with van der Waals surface area (Å²) in [6, 6.07) is 21.4. The zero-order valence-corrected chi connectivity index (χ0v) is 16.0. The van der Waals surface area contributed by atoms with E-state index in [2.05, 4.69) is 0 Å². The summed E-state index contributed by atoms with van der Waals surface area (Å²) in [5, 5.41) is 0. The lowest BCUT2D eigenvalue weighted by molar-refractivity contribution is -0.117. The van der Waals surface area contributed by atoms with Gasteiger partial charge in [0.25, 0.3) is 5.91 Å². The van der Waals surface area contributed by atoms with Gasteiger partial charge in [0.15, 0.2) is 11.5 Å². The number of carbonyl (C=O) groups is 1. The Balaban J connectivity index is 1.78. The number of ether oxygens (including phenoxy) is 1. The van der Waals surface area contributed by atoms with Crippen LogP contribution < -0.4 is 15.4 Å². The van der Waals surface area contributed by atoms with Gasteiger partial charge in [-0.2, -0.15) is 0 Å². The Hall–Kier alpha value is -3.53. The van der Waals surface area contributed by atoms with Gasteiger partial charge in [-0.25, -0.2) is 0 Å². The predicted octanol–water partition coefficient (Wildman–Crippen LogP) is 4.85. The number of aryl methyl sites for hydroxylation is 2. The summed E-state index contributed by atoms with van der Waals surface area (Å²) in [6.07, 6.45) is 1.78. The van der Waals surface area contributed by atoms with Crippen molar-refractivity contribution in [1.29, 1.82) is 0 Å².